The van der Waals surface area contributed by atoms with Crippen LogP contribution in [0.1, 0.15) is 71.6 Å². The highest BCUT2D eigenvalue weighted by atomic mass is 15.3. The van der Waals surface area contributed by atoms with Crippen LogP contribution < -0.4 is 5.32 Å². The summed E-state index contributed by atoms with van der Waals surface area (Å²) >= 11 is 0. The van der Waals surface area contributed by atoms with E-state index in [4.69, 9.17) is 0 Å². The van der Waals surface area contributed by atoms with Crippen LogP contribution in [0.3, 0.4) is 0 Å². The Morgan fingerprint density at radius 2 is 1.80 bits per heavy atom. The Balaban J connectivity index is 1.49. The van der Waals surface area contributed by atoms with Crippen molar-refractivity contribution in [2.24, 2.45) is 11.8 Å². The topological polar surface area (TPSA) is 15.3 Å². The quantitative estimate of drug-likeness (QED) is 0.679. The van der Waals surface area contributed by atoms with E-state index in [1.807, 2.05) is 0 Å². The van der Waals surface area contributed by atoms with Gasteiger partial charge in [-0.2, -0.15) is 0 Å². The Bertz CT molecular complexity index is 309. The fraction of sp³-hybridized carbons (Fsp3) is 1.00. The van der Waals surface area contributed by atoms with E-state index >= 15 is 0 Å². The van der Waals surface area contributed by atoms with E-state index in [1.165, 1.54) is 77.4 Å². The molecule has 116 valence electrons. The molecule has 0 aromatic heterocycles. The van der Waals surface area contributed by atoms with Gasteiger partial charge in [0.2, 0.25) is 0 Å². The third-order valence-electron chi connectivity index (χ3n) is 5.91. The minimum Gasteiger partial charge on any atom is -0.308 e. The Labute approximate surface area is 125 Å². The molecule has 3 aliphatic rings. The van der Waals surface area contributed by atoms with Gasteiger partial charge in [0.05, 0.1) is 0 Å². The van der Waals surface area contributed by atoms with Crippen LogP contribution in [-0.2, 0) is 0 Å². The molecule has 3 fully saturated rings. The molecule has 1 aliphatic heterocycles. The Morgan fingerprint density at radius 3 is 2.45 bits per heavy atom. The van der Waals surface area contributed by atoms with Crippen molar-refractivity contribution >= 4 is 0 Å². The fourth-order valence-electron chi connectivity index (χ4n) is 4.16. The Morgan fingerprint density at radius 1 is 1.05 bits per heavy atom. The molecular formula is C18H34N2. The summed E-state index contributed by atoms with van der Waals surface area (Å²) in [6.45, 7) is 8.71. The van der Waals surface area contributed by atoms with Crippen molar-refractivity contribution < 1.29 is 0 Å². The van der Waals surface area contributed by atoms with Gasteiger partial charge in [0.1, 0.15) is 0 Å². The van der Waals surface area contributed by atoms with Crippen LogP contribution in [0.15, 0.2) is 0 Å². The molecule has 0 aromatic rings. The van der Waals surface area contributed by atoms with E-state index < -0.39 is 0 Å². The zero-order valence-electron chi connectivity index (χ0n) is 13.7. The highest BCUT2D eigenvalue weighted by Gasteiger charge is 2.48. The van der Waals surface area contributed by atoms with Crippen LogP contribution in [0.25, 0.3) is 0 Å². The van der Waals surface area contributed by atoms with Gasteiger partial charge in [0, 0.05) is 24.7 Å². The van der Waals surface area contributed by atoms with Crippen LogP contribution in [0.4, 0.5) is 0 Å². The summed E-state index contributed by atoms with van der Waals surface area (Å²) in [5.41, 5.74) is 0.425. The molecule has 0 spiro atoms. The van der Waals surface area contributed by atoms with E-state index in [0.717, 1.165) is 17.9 Å². The summed E-state index contributed by atoms with van der Waals surface area (Å²) in [6, 6.07) is 0.855. The van der Waals surface area contributed by atoms with E-state index in [1.54, 1.807) is 0 Å². The molecule has 0 amide bonds. The van der Waals surface area contributed by atoms with Crippen LogP contribution in [0, 0.1) is 11.8 Å². The van der Waals surface area contributed by atoms with Crippen LogP contribution in [-0.4, -0.2) is 36.1 Å². The predicted octanol–water partition coefficient (Wildman–Crippen LogP) is 3.81. The van der Waals surface area contributed by atoms with Gasteiger partial charge >= 0.3 is 0 Å². The first-order chi connectivity index (χ1) is 9.73. The maximum atomic E-state index is 3.93. The first-order valence-electron chi connectivity index (χ1n) is 9.22. The second-order valence-corrected chi connectivity index (χ2v) is 7.86. The first kappa shape index (κ1) is 14.8. The summed E-state index contributed by atoms with van der Waals surface area (Å²) in [6.07, 6.45) is 13.0. The largest absolute Gasteiger partial charge is 0.308 e. The number of nitrogens with one attached hydrogen (secondary N) is 1. The van der Waals surface area contributed by atoms with E-state index in [2.05, 4.69) is 24.1 Å². The van der Waals surface area contributed by atoms with Crippen LogP contribution >= 0.6 is 0 Å². The number of hydrogen-bond acceptors (Lipinski definition) is 2. The first-order valence-corrected chi connectivity index (χ1v) is 9.22. The van der Waals surface area contributed by atoms with E-state index in [-0.39, 0.29) is 0 Å². The predicted molar refractivity (Wildman–Crippen MR) is 86.0 cm³/mol. The molecule has 2 aliphatic carbocycles. The molecule has 0 aromatic carbocycles. The second kappa shape index (κ2) is 6.36. The van der Waals surface area contributed by atoms with Gasteiger partial charge in [-0.15, -0.1) is 0 Å². The lowest BCUT2D eigenvalue weighted by atomic mass is 9.89. The van der Waals surface area contributed by atoms with Gasteiger partial charge in [-0.05, 0) is 57.4 Å². The molecule has 2 saturated carbocycles. The van der Waals surface area contributed by atoms with Crippen LogP contribution in [0.2, 0.25) is 0 Å². The minimum absolute atomic E-state index is 0.425. The number of rotatable bonds is 8. The Kier molecular flexibility index (Phi) is 4.72. The van der Waals surface area contributed by atoms with Crippen molar-refractivity contribution in [1.82, 2.24) is 10.2 Å². The molecule has 0 bridgehead atoms. The van der Waals surface area contributed by atoms with Gasteiger partial charge in [-0.1, -0.05) is 32.6 Å². The van der Waals surface area contributed by atoms with Crippen molar-refractivity contribution in [1.29, 1.82) is 0 Å². The molecule has 2 heteroatoms. The highest BCUT2D eigenvalue weighted by molar-refractivity contribution is 5.06. The maximum Gasteiger partial charge on any atom is 0.0309 e. The lowest BCUT2D eigenvalue weighted by molar-refractivity contribution is 0.0626. The van der Waals surface area contributed by atoms with Crippen molar-refractivity contribution in [3.63, 3.8) is 0 Å². The van der Waals surface area contributed by atoms with Gasteiger partial charge in [-0.25, -0.2) is 0 Å². The molecule has 1 heterocycles. The zero-order chi connectivity index (χ0) is 14.0. The van der Waals surface area contributed by atoms with Crippen molar-refractivity contribution in [3.8, 4) is 0 Å². The molecule has 3 rings (SSSR count). The van der Waals surface area contributed by atoms with E-state index in [0.29, 0.717) is 5.54 Å². The SMILES string of the molecule is CCCCCCCN1CC(C)(C2CC2)NCC1C1CC1. The molecular weight excluding hydrogens is 244 g/mol. The maximum absolute atomic E-state index is 3.93. The lowest BCUT2D eigenvalue weighted by Gasteiger charge is -2.47. The highest BCUT2D eigenvalue weighted by Crippen LogP contribution is 2.44. The van der Waals surface area contributed by atoms with Gasteiger partial charge in [-0.3, -0.25) is 4.90 Å². The molecule has 0 radical (unpaired) electrons. The molecule has 2 unspecified atom stereocenters. The van der Waals surface area contributed by atoms with Gasteiger partial charge < -0.3 is 5.32 Å². The Hall–Kier alpha value is -0.0800. The summed E-state index contributed by atoms with van der Waals surface area (Å²) < 4.78 is 0. The summed E-state index contributed by atoms with van der Waals surface area (Å²) in [4.78, 5) is 2.87. The van der Waals surface area contributed by atoms with Crippen molar-refractivity contribution in [3.05, 3.63) is 0 Å². The molecule has 20 heavy (non-hydrogen) atoms. The number of nitrogens with zero attached hydrogens (tertiary/aromatic N) is 1. The lowest BCUT2D eigenvalue weighted by Crippen LogP contribution is -2.64. The monoisotopic (exact) mass is 278 g/mol. The normalized spacial score (nSPS) is 35.4. The minimum atomic E-state index is 0.425. The third kappa shape index (κ3) is 3.57. The standard InChI is InChI=1S/C18H34N2/c1-3-4-5-6-7-12-20-14-18(2,16-10-11-16)19-13-17(20)15-8-9-15/h15-17,19H,3-14H2,1-2H3. The van der Waals surface area contributed by atoms with Crippen molar-refractivity contribution in [2.75, 3.05) is 19.6 Å². The second-order valence-electron chi connectivity index (χ2n) is 7.86. The summed E-state index contributed by atoms with van der Waals surface area (Å²) in [5.74, 6) is 1.98. The molecule has 2 atom stereocenters. The average molecular weight is 278 g/mol. The van der Waals surface area contributed by atoms with Crippen LogP contribution in [0.5, 0.6) is 0 Å². The smallest absolute Gasteiger partial charge is 0.0309 e. The number of piperazine rings is 1. The number of unbranched alkanes of at least 4 members (excludes halogenated alkanes) is 4. The zero-order valence-corrected chi connectivity index (χ0v) is 13.7. The van der Waals surface area contributed by atoms with Gasteiger partial charge in [0.15, 0.2) is 0 Å². The molecule has 2 nitrogen and oxygen atoms in total. The summed E-state index contributed by atoms with van der Waals surface area (Å²) in [7, 11) is 0. The van der Waals surface area contributed by atoms with E-state index in [9.17, 15) is 0 Å². The van der Waals surface area contributed by atoms with Crippen molar-refractivity contribution in [2.45, 2.75) is 83.2 Å². The molecule has 1 N–H and O–H groups in total. The van der Waals surface area contributed by atoms with Gasteiger partial charge in [0.25, 0.3) is 0 Å². The fourth-order valence-corrected chi connectivity index (χ4v) is 4.16. The average Bonchev–Trinajstić information content (AvgIpc) is 3.30. The third-order valence-corrected chi connectivity index (χ3v) is 5.91. The number of hydrogen-bond donors (Lipinski definition) is 1. The molecule has 1 saturated heterocycles. The summed E-state index contributed by atoms with van der Waals surface area (Å²) in [5, 5.41) is 3.93.